The molecule has 0 fully saturated rings. The molecule has 0 bridgehead atoms. The summed E-state index contributed by atoms with van der Waals surface area (Å²) in [5.74, 6) is 0.911. The molecule has 2 N–H and O–H groups in total. The van der Waals surface area contributed by atoms with Gasteiger partial charge in [-0.25, -0.2) is 0 Å². The van der Waals surface area contributed by atoms with Crippen molar-refractivity contribution in [3.05, 3.63) is 59.5 Å². The van der Waals surface area contributed by atoms with Crippen molar-refractivity contribution in [2.45, 2.75) is 19.4 Å². The Bertz CT molecular complexity index is 419. The lowest BCUT2D eigenvalue weighted by atomic mass is 10.0. The van der Waals surface area contributed by atoms with Gasteiger partial charge in [-0.3, -0.25) is 0 Å². The summed E-state index contributed by atoms with van der Waals surface area (Å²) in [6.45, 7) is 1.93. The van der Waals surface area contributed by atoms with Gasteiger partial charge >= 0.3 is 0 Å². The first-order valence-corrected chi connectivity index (χ1v) is 5.10. The molecule has 2 heteroatoms. The van der Waals surface area contributed by atoms with E-state index in [9.17, 15) is 0 Å². The Morgan fingerprint density at radius 1 is 1.27 bits per heavy atom. The number of hydrogen-bond acceptors (Lipinski definition) is 2. The van der Waals surface area contributed by atoms with Crippen LogP contribution < -0.4 is 5.73 Å². The number of hydrogen-bond donors (Lipinski definition) is 1. The van der Waals surface area contributed by atoms with E-state index in [1.165, 1.54) is 5.56 Å². The van der Waals surface area contributed by atoms with Crippen LogP contribution in [0.5, 0.6) is 0 Å². The molecule has 78 valence electrons. The third kappa shape index (κ3) is 2.48. The highest BCUT2D eigenvalue weighted by Gasteiger charge is 2.09. The normalized spacial score (nSPS) is 12.7. The lowest BCUT2D eigenvalue weighted by molar-refractivity contribution is 0.528. The molecule has 15 heavy (non-hydrogen) atoms. The molecule has 1 aromatic carbocycles. The molecule has 0 saturated carbocycles. The quantitative estimate of drug-likeness (QED) is 0.829. The molecule has 2 nitrogen and oxygen atoms in total. The van der Waals surface area contributed by atoms with Crippen LogP contribution in [0.15, 0.2) is 47.1 Å². The highest BCUT2D eigenvalue weighted by Crippen LogP contribution is 2.18. The molecule has 0 radical (unpaired) electrons. The van der Waals surface area contributed by atoms with E-state index in [4.69, 9.17) is 10.2 Å². The average molecular weight is 201 g/mol. The van der Waals surface area contributed by atoms with Gasteiger partial charge in [0.15, 0.2) is 0 Å². The van der Waals surface area contributed by atoms with E-state index in [0.717, 1.165) is 17.7 Å². The number of benzene rings is 1. The highest BCUT2D eigenvalue weighted by molar-refractivity contribution is 5.21. The Balaban J connectivity index is 2.07. The van der Waals surface area contributed by atoms with E-state index in [0.29, 0.717) is 0 Å². The number of rotatable bonds is 3. The van der Waals surface area contributed by atoms with Crippen LogP contribution >= 0.6 is 0 Å². The molecular weight excluding hydrogens is 186 g/mol. The second kappa shape index (κ2) is 4.32. The predicted octanol–water partition coefficient (Wildman–Crippen LogP) is 2.83. The highest BCUT2D eigenvalue weighted by atomic mass is 16.3. The second-order valence-corrected chi connectivity index (χ2v) is 3.79. The summed E-state index contributed by atoms with van der Waals surface area (Å²) in [6, 6.07) is 12.3. The smallest absolute Gasteiger partial charge is 0.101 e. The maximum absolute atomic E-state index is 6.08. The van der Waals surface area contributed by atoms with E-state index < -0.39 is 0 Å². The summed E-state index contributed by atoms with van der Waals surface area (Å²) in [5, 5.41) is 0. The third-order valence-electron chi connectivity index (χ3n) is 2.48. The van der Waals surface area contributed by atoms with Gasteiger partial charge in [-0.15, -0.1) is 0 Å². The van der Waals surface area contributed by atoms with Crippen molar-refractivity contribution < 1.29 is 4.42 Å². The Hall–Kier alpha value is -1.54. The van der Waals surface area contributed by atoms with Crippen LogP contribution in [0, 0.1) is 6.92 Å². The minimum Gasteiger partial charge on any atom is -0.469 e. The van der Waals surface area contributed by atoms with Crippen LogP contribution in [-0.2, 0) is 6.42 Å². The molecule has 0 aliphatic carbocycles. The molecule has 1 heterocycles. The fraction of sp³-hybridized carbons (Fsp3) is 0.231. The first-order chi connectivity index (χ1) is 7.25. The number of aryl methyl sites for hydroxylation is 1. The van der Waals surface area contributed by atoms with E-state index in [1.54, 1.807) is 6.26 Å². The van der Waals surface area contributed by atoms with E-state index in [-0.39, 0.29) is 6.04 Å². The largest absolute Gasteiger partial charge is 0.469 e. The van der Waals surface area contributed by atoms with Gasteiger partial charge in [-0.05, 0) is 25.0 Å². The standard InChI is InChI=1S/C13H15NO/c1-10-7-12(9-15-10)13(14)8-11-5-3-2-4-6-11/h2-7,9,13H,8,14H2,1H3. The molecule has 1 aromatic heterocycles. The predicted molar refractivity (Wildman–Crippen MR) is 60.5 cm³/mol. The van der Waals surface area contributed by atoms with Crippen molar-refractivity contribution in [1.29, 1.82) is 0 Å². The maximum atomic E-state index is 6.08. The fourth-order valence-electron chi connectivity index (χ4n) is 1.64. The molecule has 2 rings (SSSR count). The van der Waals surface area contributed by atoms with Crippen LogP contribution in [-0.4, -0.2) is 0 Å². The molecule has 0 spiro atoms. The molecule has 1 unspecified atom stereocenters. The number of nitrogens with two attached hydrogens (primary N) is 1. The average Bonchev–Trinajstić information content (AvgIpc) is 2.66. The minimum absolute atomic E-state index is 0.0184. The van der Waals surface area contributed by atoms with Gasteiger partial charge in [0.05, 0.1) is 6.26 Å². The van der Waals surface area contributed by atoms with Crippen molar-refractivity contribution in [3.8, 4) is 0 Å². The zero-order valence-corrected chi connectivity index (χ0v) is 8.81. The summed E-state index contributed by atoms with van der Waals surface area (Å²) in [7, 11) is 0. The van der Waals surface area contributed by atoms with Crippen molar-refractivity contribution >= 4 is 0 Å². The summed E-state index contributed by atoms with van der Waals surface area (Å²) < 4.78 is 5.24. The Kier molecular flexibility index (Phi) is 2.88. The van der Waals surface area contributed by atoms with Gasteiger partial charge in [0, 0.05) is 11.6 Å². The van der Waals surface area contributed by atoms with Crippen molar-refractivity contribution in [2.75, 3.05) is 0 Å². The first kappa shape index (κ1) is 9.99. The van der Waals surface area contributed by atoms with Gasteiger partial charge in [-0.2, -0.15) is 0 Å². The van der Waals surface area contributed by atoms with Crippen molar-refractivity contribution in [1.82, 2.24) is 0 Å². The maximum Gasteiger partial charge on any atom is 0.101 e. The van der Waals surface area contributed by atoms with Crippen LogP contribution in [0.2, 0.25) is 0 Å². The van der Waals surface area contributed by atoms with Crippen LogP contribution in [0.4, 0.5) is 0 Å². The van der Waals surface area contributed by atoms with E-state index >= 15 is 0 Å². The Morgan fingerprint density at radius 3 is 2.60 bits per heavy atom. The van der Waals surface area contributed by atoms with Crippen LogP contribution in [0.3, 0.4) is 0 Å². The SMILES string of the molecule is Cc1cc(C(N)Cc2ccccc2)co1. The lowest BCUT2D eigenvalue weighted by Gasteiger charge is -2.08. The Labute approximate surface area is 89.7 Å². The van der Waals surface area contributed by atoms with Gasteiger partial charge < -0.3 is 10.2 Å². The third-order valence-corrected chi connectivity index (χ3v) is 2.48. The Morgan fingerprint density at radius 2 is 2.00 bits per heavy atom. The first-order valence-electron chi connectivity index (χ1n) is 5.10. The van der Waals surface area contributed by atoms with Crippen LogP contribution in [0.25, 0.3) is 0 Å². The van der Waals surface area contributed by atoms with E-state index in [2.05, 4.69) is 12.1 Å². The van der Waals surface area contributed by atoms with Crippen LogP contribution in [0.1, 0.15) is 22.9 Å². The summed E-state index contributed by atoms with van der Waals surface area (Å²) in [6.07, 6.45) is 2.59. The molecule has 0 amide bonds. The van der Waals surface area contributed by atoms with Gasteiger partial charge in [0.1, 0.15) is 5.76 Å². The molecular formula is C13H15NO. The molecule has 0 aliphatic rings. The summed E-state index contributed by atoms with van der Waals surface area (Å²) in [4.78, 5) is 0. The fourth-order valence-corrected chi connectivity index (χ4v) is 1.64. The molecule has 0 saturated heterocycles. The molecule has 1 atom stereocenters. The zero-order chi connectivity index (χ0) is 10.7. The topological polar surface area (TPSA) is 39.2 Å². The molecule has 0 aliphatic heterocycles. The van der Waals surface area contributed by atoms with Gasteiger partial charge in [0.2, 0.25) is 0 Å². The molecule has 2 aromatic rings. The lowest BCUT2D eigenvalue weighted by Crippen LogP contribution is -2.12. The zero-order valence-electron chi connectivity index (χ0n) is 8.81. The number of furan rings is 1. The summed E-state index contributed by atoms with van der Waals surface area (Å²) >= 11 is 0. The van der Waals surface area contributed by atoms with Crippen molar-refractivity contribution in [3.63, 3.8) is 0 Å². The van der Waals surface area contributed by atoms with Gasteiger partial charge in [0.25, 0.3) is 0 Å². The monoisotopic (exact) mass is 201 g/mol. The minimum atomic E-state index is 0.0184. The van der Waals surface area contributed by atoms with Gasteiger partial charge in [-0.1, -0.05) is 30.3 Å². The summed E-state index contributed by atoms with van der Waals surface area (Å²) in [5.41, 5.74) is 8.40. The van der Waals surface area contributed by atoms with E-state index in [1.807, 2.05) is 31.2 Å². The second-order valence-electron chi connectivity index (χ2n) is 3.79. The van der Waals surface area contributed by atoms with Crippen molar-refractivity contribution in [2.24, 2.45) is 5.73 Å².